The number of morpholine rings is 1. The lowest BCUT2D eigenvalue weighted by atomic mass is 10.1. The molecule has 1 fully saturated rings. The molecule has 1 aliphatic rings. The van der Waals surface area contributed by atoms with Crippen molar-refractivity contribution in [3.8, 4) is 0 Å². The smallest absolute Gasteiger partial charge is 0.255 e. The number of aryl methyl sites for hydroxylation is 1. The summed E-state index contributed by atoms with van der Waals surface area (Å²) in [4.78, 5) is 31.3. The Morgan fingerprint density at radius 2 is 1.86 bits per heavy atom. The second-order valence-corrected chi connectivity index (χ2v) is 7.03. The Morgan fingerprint density at radius 1 is 1.07 bits per heavy atom. The summed E-state index contributed by atoms with van der Waals surface area (Å²) < 4.78 is 7.19. The predicted octanol–water partition coefficient (Wildman–Crippen LogP) is 2.10. The first-order valence-electron chi connectivity index (χ1n) is 9.51. The molecule has 1 aliphatic heterocycles. The van der Waals surface area contributed by atoms with Gasteiger partial charge in [0.25, 0.3) is 5.91 Å². The Kier molecular flexibility index (Phi) is 5.55. The lowest BCUT2D eigenvalue weighted by molar-refractivity contribution is -0.118. The van der Waals surface area contributed by atoms with Crippen LogP contribution in [0.25, 0.3) is 11.0 Å². The fourth-order valence-electron chi connectivity index (χ4n) is 3.31. The number of hydrogen-bond acceptors (Lipinski definition) is 5. The minimum Gasteiger partial charge on any atom is -0.379 e. The van der Waals surface area contributed by atoms with E-state index >= 15 is 0 Å². The topological polar surface area (TPSA) is 88.5 Å². The van der Waals surface area contributed by atoms with Gasteiger partial charge in [0, 0.05) is 37.1 Å². The third-order valence-electron chi connectivity index (χ3n) is 4.86. The summed E-state index contributed by atoms with van der Waals surface area (Å²) in [5, 5.41) is 5.76. The highest BCUT2D eigenvalue weighted by atomic mass is 16.5. The molecule has 0 bridgehead atoms. The number of aromatic nitrogens is 2. The zero-order chi connectivity index (χ0) is 20.2. The molecule has 0 saturated carbocycles. The lowest BCUT2D eigenvalue weighted by Crippen LogP contribution is -2.41. The molecular weight excluding hydrogens is 370 g/mol. The zero-order valence-corrected chi connectivity index (χ0v) is 16.2. The first kappa shape index (κ1) is 19.1. The Morgan fingerprint density at radius 3 is 2.69 bits per heavy atom. The van der Waals surface area contributed by atoms with Crippen LogP contribution in [0.15, 0.2) is 48.8 Å². The van der Waals surface area contributed by atoms with Crippen molar-refractivity contribution >= 4 is 34.2 Å². The summed E-state index contributed by atoms with van der Waals surface area (Å²) >= 11 is 0. The molecule has 1 saturated heterocycles. The molecule has 3 aromatic rings. The van der Waals surface area contributed by atoms with Crippen molar-refractivity contribution in [3.63, 3.8) is 0 Å². The van der Waals surface area contributed by atoms with Gasteiger partial charge in [-0.1, -0.05) is 6.07 Å². The Balaban J connectivity index is 1.40. The number of rotatable bonds is 5. The van der Waals surface area contributed by atoms with E-state index in [0.29, 0.717) is 36.7 Å². The Labute approximate surface area is 168 Å². The maximum atomic E-state index is 12.7. The van der Waals surface area contributed by atoms with Gasteiger partial charge < -0.3 is 19.9 Å². The number of anilines is 2. The molecule has 0 spiro atoms. The summed E-state index contributed by atoms with van der Waals surface area (Å²) in [7, 11) is 1.91. The van der Waals surface area contributed by atoms with Crippen LogP contribution in [-0.4, -0.2) is 59.1 Å². The zero-order valence-electron chi connectivity index (χ0n) is 16.2. The molecule has 150 valence electrons. The second kappa shape index (κ2) is 8.42. The molecule has 0 unspecified atom stereocenters. The number of imidazole rings is 1. The maximum absolute atomic E-state index is 12.7. The van der Waals surface area contributed by atoms with Crippen molar-refractivity contribution in [1.29, 1.82) is 0 Å². The number of carbonyl (C=O) groups excluding carboxylic acids is 2. The second-order valence-electron chi connectivity index (χ2n) is 7.03. The van der Waals surface area contributed by atoms with E-state index in [2.05, 4.69) is 15.6 Å². The van der Waals surface area contributed by atoms with Gasteiger partial charge in [-0.25, -0.2) is 4.98 Å². The molecule has 4 rings (SSSR count). The lowest BCUT2D eigenvalue weighted by Gasteiger charge is -2.25. The van der Waals surface area contributed by atoms with Gasteiger partial charge in [-0.15, -0.1) is 0 Å². The molecular formula is C21H23N5O3. The first-order chi connectivity index (χ1) is 14.1. The quantitative estimate of drug-likeness (QED) is 0.693. The van der Waals surface area contributed by atoms with Crippen molar-refractivity contribution in [2.24, 2.45) is 7.05 Å². The van der Waals surface area contributed by atoms with Crippen molar-refractivity contribution in [3.05, 3.63) is 54.4 Å². The summed E-state index contributed by atoms with van der Waals surface area (Å²) in [5.74, 6) is -0.345. The molecule has 2 amide bonds. The van der Waals surface area contributed by atoms with Crippen molar-refractivity contribution in [2.45, 2.75) is 0 Å². The fraction of sp³-hybridized carbons (Fsp3) is 0.286. The van der Waals surface area contributed by atoms with Gasteiger partial charge in [0.15, 0.2) is 0 Å². The van der Waals surface area contributed by atoms with Crippen LogP contribution in [0.3, 0.4) is 0 Å². The third-order valence-corrected chi connectivity index (χ3v) is 4.86. The average molecular weight is 393 g/mol. The molecule has 0 atom stereocenters. The SMILES string of the molecule is Cn1cnc2ccc(NC(=O)c3cccc(NC(=O)CN4CCOCC4)c3)cc21. The van der Waals surface area contributed by atoms with E-state index in [9.17, 15) is 9.59 Å². The molecule has 1 aromatic heterocycles. The van der Waals surface area contributed by atoms with Crippen molar-refractivity contribution < 1.29 is 14.3 Å². The summed E-state index contributed by atoms with van der Waals surface area (Å²) in [5.41, 5.74) is 3.56. The largest absolute Gasteiger partial charge is 0.379 e. The van der Waals surface area contributed by atoms with Gasteiger partial charge in [0.2, 0.25) is 5.91 Å². The van der Waals surface area contributed by atoms with Crippen LogP contribution >= 0.6 is 0 Å². The number of nitrogens with zero attached hydrogens (tertiary/aromatic N) is 3. The fourth-order valence-corrected chi connectivity index (χ4v) is 3.31. The Hall–Kier alpha value is -3.23. The number of amides is 2. The van der Waals surface area contributed by atoms with Crippen LogP contribution < -0.4 is 10.6 Å². The number of carbonyl (C=O) groups is 2. The number of hydrogen-bond donors (Lipinski definition) is 2. The third kappa shape index (κ3) is 4.61. The molecule has 2 heterocycles. The standard InChI is InChI=1S/C21H23N5O3/c1-25-14-22-18-6-5-17(12-19(18)25)24-21(28)15-3-2-4-16(11-15)23-20(27)13-26-7-9-29-10-8-26/h2-6,11-12,14H,7-10,13H2,1H3,(H,23,27)(H,24,28). The van der Waals surface area contributed by atoms with Crippen LogP contribution in [-0.2, 0) is 16.6 Å². The summed E-state index contributed by atoms with van der Waals surface area (Å²) in [6.45, 7) is 3.10. The summed E-state index contributed by atoms with van der Waals surface area (Å²) in [6.07, 6.45) is 1.74. The van der Waals surface area contributed by atoms with E-state index in [0.717, 1.165) is 24.1 Å². The van der Waals surface area contributed by atoms with Gasteiger partial charge >= 0.3 is 0 Å². The van der Waals surface area contributed by atoms with E-state index in [1.165, 1.54) is 0 Å². The van der Waals surface area contributed by atoms with Crippen LogP contribution in [0.5, 0.6) is 0 Å². The molecule has 8 nitrogen and oxygen atoms in total. The van der Waals surface area contributed by atoms with E-state index < -0.39 is 0 Å². The molecule has 8 heteroatoms. The van der Waals surface area contributed by atoms with Gasteiger partial charge in [-0.3, -0.25) is 14.5 Å². The van der Waals surface area contributed by atoms with Gasteiger partial charge in [-0.05, 0) is 36.4 Å². The molecule has 2 aromatic carbocycles. The first-order valence-corrected chi connectivity index (χ1v) is 9.51. The normalized spacial score (nSPS) is 14.7. The molecule has 2 N–H and O–H groups in total. The van der Waals surface area contributed by atoms with E-state index in [1.54, 1.807) is 30.6 Å². The van der Waals surface area contributed by atoms with Crippen molar-refractivity contribution in [2.75, 3.05) is 43.5 Å². The highest BCUT2D eigenvalue weighted by molar-refractivity contribution is 6.06. The van der Waals surface area contributed by atoms with Crippen LogP contribution in [0, 0.1) is 0 Å². The number of nitrogens with one attached hydrogen (secondary N) is 2. The van der Waals surface area contributed by atoms with Crippen LogP contribution in [0.2, 0.25) is 0 Å². The Bertz CT molecular complexity index is 1040. The van der Waals surface area contributed by atoms with Gasteiger partial charge in [0.1, 0.15) is 0 Å². The average Bonchev–Trinajstić information content (AvgIpc) is 3.09. The molecule has 0 radical (unpaired) electrons. The summed E-state index contributed by atoms with van der Waals surface area (Å²) in [6, 6.07) is 12.5. The van der Waals surface area contributed by atoms with E-state index in [1.807, 2.05) is 34.7 Å². The molecule has 29 heavy (non-hydrogen) atoms. The van der Waals surface area contributed by atoms with E-state index in [-0.39, 0.29) is 11.8 Å². The van der Waals surface area contributed by atoms with Crippen molar-refractivity contribution in [1.82, 2.24) is 14.5 Å². The maximum Gasteiger partial charge on any atom is 0.255 e. The highest BCUT2D eigenvalue weighted by Crippen LogP contribution is 2.19. The minimum atomic E-state index is -0.240. The predicted molar refractivity (Wildman–Crippen MR) is 111 cm³/mol. The molecule has 0 aliphatic carbocycles. The van der Waals surface area contributed by atoms with Crippen LogP contribution in [0.1, 0.15) is 10.4 Å². The minimum absolute atomic E-state index is 0.105. The number of fused-ring (bicyclic) bond motifs is 1. The number of benzene rings is 2. The number of ether oxygens (including phenoxy) is 1. The van der Waals surface area contributed by atoms with E-state index in [4.69, 9.17) is 4.74 Å². The van der Waals surface area contributed by atoms with Crippen LogP contribution in [0.4, 0.5) is 11.4 Å². The van der Waals surface area contributed by atoms with Gasteiger partial charge in [0.05, 0.1) is 37.1 Å². The monoisotopic (exact) mass is 393 g/mol. The highest BCUT2D eigenvalue weighted by Gasteiger charge is 2.15. The van der Waals surface area contributed by atoms with Gasteiger partial charge in [-0.2, -0.15) is 0 Å².